The zero-order valence-corrected chi connectivity index (χ0v) is 6.42. The molecule has 0 bridgehead atoms. The molecular weight excluding hydrogens is 184 g/mol. The second-order valence-electron chi connectivity index (χ2n) is 0. The molecule has 0 amide bonds. The van der Waals surface area contributed by atoms with E-state index in [1.807, 2.05) is 0 Å². The van der Waals surface area contributed by atoms with E-state index in [2.05, 4.69) is 0 Å². The molecule has 0 saturated heterocycles. The Kier molecular flexibility index (Phi) is 371. The summed E-state index contributed by atoms with van der Waals surface area (Å²) in [5, 5.41) is 0. The zero-order chi connectivity index (χ0) is 0. The van der Waals surface area contributed by atoms with E-state index in [0.29, 0.717) is 0 Å². The van der Waals surface area contributed by atoms with Crippen molar-refractivity contribution in [3.8, 4) is 0 Å². The van der Waals surface area contributed by atoms with E-state index in [0.717, 1.165) is 0 Å². The van der Waals surface area contributed by atoms with Crippen LogP contribution in [0.1, 0.15) is 1.43 Å². The van der Waals surface area contributed by atoms with Crippen molar-refractivity contribution in [2.75, 3.05) is 0 Å². The molecule has 1 radical (unpaired) electrons. The minimum absolute atomic E-state index is 0. The van der Waals surface area contributed by atoms with Gasteiger partial charge in [0.25, 0.3) is 0 Å². The van der Waals surface area contributed by atoms with Gasteiger partial charge in [0.05, 0.1) is 0 Å². The van der Waals surface area contributed by atoms with Gasteiger partial charge in [-0.3, -0.25) is 0 Å². The minimum atomic E-state index is 0. The first-order chi connectivity index (χ1) is 0. The van der Waals surface area contributed by atoms with E-state index < -0.39 is 0 Å². The molecule has 0 aromatic carbocycles. The fourth-order valence-corrected chi connectivity index (χ4v) is 0. The smallest absolute Gasteiger partial charge is 1.00 e. The second-order valence-corrected chi connectivity index (χ2v) is 0. The Labute approximate surface area is 80.3 Å². The summed E-state index contributed by atoms with van der Waals surface area (Å²) >= 11 is 0. The topological polar surface area (TPSA) is 31.5 Å². The second kappa shape index (κ2) is 33.6. The maximum absolute atomic E-state index is 0. The van der Waals surface area contributed by atoms with E-state index in [4.69, 9.17) is 0 Å². The third kappa shape index (κ3) is 22.1. The van der Waals surface area contributed by atoms with Crippen LogP contribution >= 0.6 is 0 Å². The average molecular weight is 187 g/mol. The summed E-state index contributed by atoms with van der Waals surface area (Å²) in [6.07, 6.45) is 0. The Morgan fingerprint density at radius 3 is 1.20 bits per heavy atom. The molecule has 0 aromatic heterocycles. The van der Waals surface area contributed by atoms with Crippen LogP contribution in [0.4, 0.5) is 0 Å². The summed E-state index contributed by atoms with van der Waals surface area (Å²) in [7, 11) is 0. The van der Waals surface area contributed by atoms with Gasteiger partial charge in [0, 0.05) is 55.3 Å². The Morgan fingerprint density at radius 1 is 1.20 bits per heavy atom. The molecule has 0 heterocycles. The van der Waals surface area contributed by atoms with Gasteiger partial charge in [-0.05, 0) is 0 Å². The fraction of sp³-hybridized carbons (Fsp3) is 0. The summed E-state index contributed by atoms with van der Waals surface area (Å²) in [5.41, 5.74) is 0. The van der Waals surface area contributed by atoms with Crippen LogP contribution in [0.3, 0.4) is 0 Å². The van der Waals surface area contributed by atoms with Crippen molar-refractivity contribution in [1.82, 2.24) is 0 Å². The summed E-state index contributed by atoms with van der Waals surface area (Å²) in [4.78, 5) is 0. The van der Waals surface area contributed by atoms with Crippen molar-refractivity contribution in [3.05, 3.63) is 0 Å². The van der Waals surface area contributed by atoms with Gasteiger partial charge in [0.2, 0.25) is 0 Å². The zero-order valence-electron chi connectivity index (χ0n) is 3.69. The van der Waals surface area contributed by atoms with Crippen LogP contribution in [0.5, 0.6) is 0 Å². The molecule has 0 aliphatic carbocycles. The molecule has 0 atom stereocenters. The Morgan fingerprint density at radius 2 is 1.20 bits per heavy atom. The molecule has 5 heavy (non-hydrogen) atoms. The van der Waals surface area contributed by atoms with Crippen molar-refractivity contribution < 1.29 is 81.0 Å². The molecule has 0 rings (SSSR count). The van der Waals surface area contributed by atoms with Gasteiger partial charge in [-0.25, -0.2) is 0 Å². The van der Waals surface area contributed by atoms with Gasteiger partial charge in [-0.2, -0.15) is 0 Å². The van der Waals surface area contributed by atoms with Gasteiger partial charge in [0.15, 0.2) is 0 Å². The van der Waals surface area contributed by atoms with Crippen LogP contribution in [0.2, 0.25) is 0 Å². The molecule has 1 nitrogen and oxygen atoms in total. The first-order valence-corrected chi connectivity index (χ1v) is 0. The number of rotatable bonds is 0. The van der Waals surface area contributed by atoms with Crippen molar-refractivity contribution in [2.24, 2.45) is 0 Å². The Hall–Kier alpha value is 2.28. The molecule has 0 saturated carbocycles. The average Bonchev–Trinajstić information content (AvgIpc) is 0. The largest absolute Gasteiger partial charge is 1.00 e. The summed E-state index contributed by atoms with van der Waals surface area (Å²) in [6.45, 7) is 0. The summed E-state index contributed by atoms with van der Waals surface area (Å²) < 4.78 is 0. The van der Waals surface area contributed by atoms with E-state index in [1.165, 1.54) is 0 Å². The van der Waals surface area contributed by atoms with Gasteiger partial charge < -0.3 is 6.90 Å². The predicted molar refractivity (Wildman–Crippen MR) is 4.73 cm³/mol. The Bertz CT molecular complexity index is 15.5. The van der Waals surface area contributed by atoms with Crippen molar-refractivity contribution in [2.45, 2.75) is 0 Å². The summed E-state index contributed by atoms with van der Waals surface area (Å²) in [5.74, 6) is 0. The van der Waals surface area contributed by atoms with Crippen LogP contribution in [0, 0.1) is 0 Å². The van der Waals surface area contributed by atoms with Gasteiger partial charge >= 0.3 is 18.9 Å². The van der Waals surface area contributed by atoms with Crippen molar-refractivity contribution >= 4 is 0 Å². The van der Waals surface area contributed by atoms with E-state index in [1.54, 1.807) is 0 Å². The Balaban J connectivity index is 0. The predicted octanol–water partition coefficient (Wildman–Crippen LogP) is -3.72. The quantitative estimate of drug-likeness (QED) is 0.350. The van der Waals surface area contributed by atoms with E-state index in [-0.39, 0.29) is 81.0 Å². The maximum Gasteiger partial charge on any atom is 1.00 e. The summed E-state index contributed by atoms with van der Waals surface area (Å²) in [6, 6.07) is 0. The van der Waals surface area contributed by atoms with Crippen LogP contribution < -0.4 is 18.9 Å². The van der Waals surface area contributed by atoms with Crippen LogP contribution in [-0.2, 0) is 55.3 Å². The molecule has 2 N–H and O–H groups in total. The fourth-order valence-electron chi connectivity index (χ4n) is 0. The first-order valence-electron chi connectivity index (χ1n) is 0. The molecule has 0 unspecified atom stereocenters. The van der Waals surface area contributed by atoms with Gasteiger partial charge in [-0.15, -0.1) is 0 Å². The van der Waals surface area contributed by atoms with E-state index in [9.17, 15) is 0 Å². The van der Waals surface area contributed by atoms with Crippen molar-refractivity contribution in [3.63, 3.8) is 0 Å². The molecular formula is H3LiMnNiOTi. The number of hydrogen-bond acceptors (Lipinski definition) is 0. The third-order valence-corrected chi connectivity index (χ3v) is 0. The molecule has 0 aromatic rings. The monoisotopic (exact) mass is 187 g/mol. The normalized spacial score (nSPS) is 0. The molecule has 0 aliphatic heterocycles. The van der Waals surface area contributed by atoms with Crippen LogP contribution in [0.15, 0.2) is 0 Å². The van der Waals surface area contributed by atoms with Gasteiger partial charge in [-0.1, -0.05) is 0 Å². The maximum atomic E-state index is 0. The van der Waals surface area contributed by atoms with E-state index >= 15 is 0 Å². The standard InChI is InChI=1S/Li.Mn.Ni.H2O.Ti.H/h;;;1H2;;/q+1;;;;;-1. The van der Waals surface area contributed by atoms with Crippen LogP contribution in [-0.4, -0.2) is 5.48 Å². The molecule has 0 spiro atoms. The molecule has 0 fully saturated rings. The molecule has 5 heteroatoms. The van der Waals surface area contributed by atoms with Gasteiger partial charge in [0.1, 0.15) is 0 Å². The first kappa shape index (κ1) is 55.1. The minimum Gasteiger partial charge on any atom is -1.00 e. The third-order valence-electron chi connectivity index (χ3n) is 0. The van der Waals surface area contributed by atoms with Crippen molar-refractivity contribution in [1.29, 1.82) is 0 Å². The SMILES string of the molecule is O.[H-].[Li+].[Mn].[Ni].[Ti]. The van der Waals surface area contributed by atoms with Crippen LogP contribution in [0.25, 0.3) is 0 Å². The molecule has 0 aliphatic rings. The molecule has 31 valence electrons. The number of hydrogen-bond donors (Lipinski definition) is 0.